The van der Waals surface area contributed by atoms with E-state index in [4.69, 9.17) is 14.6 Å². The second-order valence-electron chi connectivity index (χ2n) is 7.29. The van der Waals surface area contributed by atoms with Crippen LogP contribution in [0.4, 0.5) is 20.3 Å². The van der Waals surface area contributed by atoms with Crippen molar-refractivity contribution in [3.05, 3.63) is 35.9 Å². The molecule has 1 aromatic heterocycles. The van der Waals surface area contributed by atoms with Crippen molar-refractivity contribution in [1.29, 1.82) is 0 Å². The number of nitrogens with zero attached hydrogens (tertiary/aromatic N) is 2. The maximum absolute atomic E-state index is 13.8. The van der Waals surface area contributed by atoms with Crippen molar-refractivity contribution in [2.45, 2.75) is 30.1 Å². The second kappa shape index (κ2) is 7.93. The molecular weight excluding hydrogens is 434 g/mol. The maximum Gasteiger partial charge on any atom is 0.262 e. The summed E-state index contributed by atoms with van der Waals surface area (Å²) in [4.78, 5) is 18.9. The van der Waals surface area contributed by atoms with Gasteiger partial charge >= 0.3 is 0 Å². The number of nitrogens with two attached hydrogens (primary N) is 1. The largest absolute Gasteiger partial charge is 0.452 e. The molecule has 0 atom stereocenters. The van der Waals surface area contributed by atoms with E-state index >= 15 is 0 Å². The second-order valence-corrected chi connectivity index (χ2v) is 8.85. The quantitative estimate of drug-likeness (QED) is 0.727. The molecule has 1 amide bonds. The molecule has 1 aromatic carbocycles. The number of pyridine rings is 1. The predicted molar refractivity (Wildman–Crippen MR) is 107 cm³/mol. The SMILES string of the molecule is NS(=O)(=O)c1cccc(NC(=O)c2cc3c(nc2N2CCCC(F)(F)CC2)OCO3)c1. The number of hydrogen-bond acceptors (Lipinski definition) is 7. The fraction of sp³-hybridized carbons (Fsp3) is 0.368. The van der Waals surface area contributed by atoms with Crippen molar-refractivity contribution in [1.82, 2.24) is 4.98 Å². The Morgan fingerprint density at radius 1 is 1.19 bits per heavy atom. The molecule has 2 aliphatic rings. The van der Waals surface area contributed by atoms with E-state index < -0.39 is 21.9 Å². The number of nitrogens with one attached hydrogen (secondary N) is 1. The molecule has 166 valence electrons. The molecule has 0 saturated carbocycles. The van der Waals surface area contributed by atoms with Crippen LogP contribution >= 0.6 is 0 Å². The number of ether oxygens (including phenoxy) is 2. The van der Waals surface area contributed by atoms with Crippen molar-refractivity contribution in [2.75, 3.05) is 30.1 Å². The van der Waals surface area contributed by atoms with Gasteiger partial charge in [0.15, 0.2) is 5.75 Å². The number of alkyl halides is 2. The van der Waals surface area contributed by atoms with Crippen LogP contribution in [0.3, 0.4) is 0 Å². The summed E-state index contributed by atoms with van der Waals surface area (Å²) in [6, 6.07) is 6.90. The number of halogens is 2. The lowest BCUT2D eigenvalue weighted by Gasteiger charge is -2.24. The molecule has 1 fully saturated rings. The standard InChI is InChI=1S/C19H20F2N4O5S/c20-19(21)5-2-7-25(8-6-19)16-14(10-15-18(24-16)30-11-29-15)17(26)23-12-3-1-4-13(9-12)31(22,27)28/h1,3-4,9-10H,2,5-8,11H2,(H,23,26)(H2,22,27,28). The van der Waals surface area contributed by atoms with Gasteiger partial charge < -0.3 is 19.7 Å². The third-order valence-electron chi connectivity index (χ3n) is 5.03. The van der Waals surface area contributed by atoms with Crippen molar-refractivity contribution in [3.8, 4) is 11.6 Å². The summed E-state index contributed by atoms with van der Waals surface area (Å²) in [5.41, 5.74) is 0.290. The molecule has 2 aromatic rings. The van der Waals surface area contributed by atoms with E-state index in [1.54, 1.807) is 4.90 Å². The number of hydrogen-bond donors (Lipinski definition) is 2. The van der Waals surface area contributed by atoms with Crippen LogP contribution in [0.5, 0.6) is 11.6 Å². The summed E-state index contributed by atoms with van der Waals surface area (Å²) >= 11 is 0. The summed E-state index contributed by atoms with van der Waals surface area (Å²) in [6.07, 6.45) is -0.364. The van der Waals surface area contributed by atoms with E-state index in [0.29, 0.717) is 6.54 Å². The third-order valence-corrected chi connectivity index (χ3v) is 5.94. The minimum Gasteiger partial charge on any atom is -0.452 e. The maximum atomic E-state index is 13.8. The molecular formula is C19H20F2N4O5S. The van der Waals surface area contributed by atoms with Crippen molar-refractivity contribution in [2.24, 2.45) is 5.14 Å². The van der Waals surface area contributed by atoms with Gasteiger partial charge in [0.1, 0.15) is 5.82 Å². The van der Waals surface area contributed by atoms with Gasteiger partial charge in [-0.25, -0.2) is 22.3 Å². The lowest BCUT2D eigenvalue weighted by Crippen LogP contribution is -2.29. The molecule has 0 spiro atoms. The summed E-state index contributed by atoms with van der Waals surface area (Å²) in [5, 5.41) is 7.74. The van der Waals surface area contributed by atoms with Crippen molar-refractivity contribution in [3.63, 3.8) is 0 Å². The first-order valence-corrected chi connectivity index (χ1v) is 11.0. The molecule has 0 bridgehead atoms. The van der Waals surface area contributed by atoms with E-state index in [0.717, 1.165) is 0 Å². The zero-order chi connectivity index (χ0) is 22.2. The van der Waals surface area contributed by atoms with Gasteiger partial charge in [-0.2, -0.15) is 4.98 Å². The van der Waals surface area contributed by atoms with Gasteiger partial charge in [-0.3, -0.25) is 4.79 Å². The van der Waals surface area contributed by atoms with E-state index in [1.807, 2.05) is 0 Å². The van der Waals surface area contributed by atoms with Crippen LogP contribution in [0.25, 0.3) is 0 Å². The van der Waals surface area contributed by atoms with Crippen LogP contribution in [0.1, 0.15) is 29.6 Å². The van der Waals surface area contributed by atoms with Crippen molar-refractivity contribution < 1.29 is 31.5 Å². The van der Waals surface area contributed by atoms with Gasteiger partial charge in [-0.05, 0) is 24.6 Å². The highest BCUT2D eigenvalue weighted by atomic mass is 32.2. The monoisotopic (exact) mass is 454 g/mol. The Balaban J connectivity index is 1.67. The molecule has 31 heavy (non-hydrogen) atoms. The number of primary sulfonamides is 1. The third kappa shape index (κ3) is 4.69. The van der Waals surface area contributed by atoms with Gasteiger partial charge in [0, 0.05) is 37.7 Å². The highest BCUT2D eigenvalue weighted by molar-refractivity contribution is 7.89. The number of aromatic nitrogens is 1. The highest BCUT2D eigenvalue weighted by Gasteiger charge is 2.34. The number of anilines is 2. The molecule has 0 aliphatic carbocycles. The lowest BCUT2D eigenvalue weighted by molar-refractivity contribution is -0.0102. The Kier molecular flexibility index (Phi) is 5.43. The number of sulfonamides is 1. The normalized spacial score (nSPS) is 17.8. The molecule has 3 heterocycles. The fourth-order valence-electron chi connectivity index (χ4n) is 3.46. The molecule has 4 rings (SSSR count). The number of benzene rings is 1. The zero-order valence-corrected chi connectivity index (χ0v) is 17.1. The molecule has 2 aliphatic heterocycles. The van der Waals surface area contributed by atoms with E-state index in [1.165, 1.54) is 30.3 Å². The number of carbonyl (C=O) groups is 1. The van der Waals surface area contributed by atoms with Crippen LogP contribution in [0.2, 0.25) is 0 Å². The molecule has 3 N–H and O–H groups in total. The Labute approximate surface area is 177 Å². The number of fused-ring (bicyclic) bond motifs is 1. The predicted octanol–water partition coefficient (Wildman–Crippen LogP) is 2.34. The van der Waals surface area contributed by atoms with Gasteiger partial charge in [-0.15, -0.1) is 0 Å². The number of rotatable bonds is 4. The fourth-order valence-corrected chi connectivity index (χ4v) is 4.02. The summed E-state index contributed by atoms with van der Waals surface area (Å²) in [5.74, 6) is -2.75. The van der Waals surface area contributed by atoms with Crippen LogP contribution < -0.4 is 24.8 Å². The molecule has 9 nitrogen and oxygen atoms in total. The first kappa shape index (κ1) is 21.2. The van der Waals surface area contributed by atoms with Crippen LogP contribution in [-0.2, 0) is 10.0 Å². The number of carbonyl (C=O) groups excluding carboxylic acids is 1. The summed E-state index contributed by atoms with van der Waals surface area (Å²) in [6.45, 7) is 0.242. The lowest BCUT2D eigenvalue weighted by atomic mass is 10.1. The average molecular weight is 454 g/mol. The first-order chi connectivity index (χ1) is 14.6. The highest BCUT2D eigenvalue weighted by Crippen LogP contribution is 2.37. The minimum absolute atomic E-state index is 0.0147. The minimum atomic E-state index is -3.95. The van der Waals surface area contributed by atoms with Gasteiger partial charge in [0.25, 0.3) is 11.8 Å². The Hall–Kier alpha value is -2.99. The molecule has 1 saturated heterocycles. The van der Waals surface area contributed by atoms with Gasteiger partial charge in [0.05, 0.1) is 10.5 Å². The molecule has 12 heteroatoms. The van der Waals surface area contributed by atoms with Crippen LogP contribution in [0, 0.1) is 0 Å². The first-order valence-electron chi connectivity index (χ1n) is 9.50. The van der Waals surface area contributed by atoms with Crippen LogP contribution in [-0.4, -0.2) is 45.1 Å². The Morgan fingerprint density at radius 3 is 2.77 bits per heavy atom. The number of amides is 1. The van der Waals surface area contributed by atoms with E-state index in [-0.39, 0.29) is 66.2 Å². The van der Waals surface area contributed by atoms with Gasteiger partial charge in [-0.1, -0.05) is 6.07 Å². The Morgan fingerprint density at radius 2 is 2.00 bits per heavy atom. The topological polar surface area (TPSA) is 124 Å². The van der Waals surface area contributed by atoms with Crippen molar-refractivity contribution >= 4 is 27.4 Å². The molecule has 0 unspecified atom stereocenters. The Bertz CT molecular complexity index is 1130. The van der Waals surface area contributed by atoms with Gasteiger partial charge in [0.2, 0.25) is 22.7 Å². The summed E-state index contributed by atoms with van der Waals surface area (Å²) < 4.78 is 61.4. The zero-order valence-electron chi connectivity index (χ0n) is 16.3. The van der Waals surface area contributed by atoms with E-state index in [2.05, 4.69) is 10.3 Å². The van der Waals surface area contributed by atoms with E-state index in [9.17, 15) is 22.0 Å². The average Bonchev–Trinajstić information content (AvgIpc) is 3.08. The summed E-state index contributed by atoms with van der Waals surface area (Å²) in [7, 11) is -3.95. The van der Waals surface area contributed by atoms with Crippen LogP contribution in [0.15, 0.2) is 35.2 Å². The molecule has 0 radical (unpaired) electrons. The smallest absolute Gasteiger partial charge is 0.262 e.